The lowest BCUT2D eigenvalue weighted by Crippen LogP contribution is -2.39. The van der Waals surface area contributed by atoms with E-state index in [1.165, 1.54) is 4.31 Å². The van der Waals surface area contributed by atoms with Crippen molar-refractivity contribution in [3.05, 3.63) is 65.7 Å². The number of rotatable bonds is 6. The smallest absolute Gasteiger partial charge is 0.239 e. The number of nitrogens with one attached hydrogen (secondary N) is 1. The number of para-hydroxylation sites is 1. The zero-order chi connectivity index (χ0) is 17.7. The van der Waals surface area contributed by atoms with Gasteiger partial charge < -0.3 is 5.32 Å². The number of carbonyl (C=O) groups excluding carboxylic acids is 1. The molecule has 6 heteroatoms. The average Bonchev–Trinajstić information content (AvgIpc) is 2.54. The Bertz CT molecular complexity index is 804. The van der Waals surface area contributed by atoms with Crippen LogP contribution in [0.3, 0.4) is 0 Å². The summed E-state index contributed by atoms with van der Waals surface area (Å²) in [5.41, 5.74) is 2.45. The van der Waals surface area contributed by atoms with Crippen LogP contribution in [-0.2, 0) is 14.8 Å². The molecule has 0 aliphatic heterocycles. The van der Waals surface area contributed by atoms with Gasteiger partial charge >= 0.3 is 0 Å². The van der Waals surface area contributed by atoms with Gasteiger partial charge in [0.2, 0.25) is 15.9 Å². The molecule has 0 bridgehead atoms. The fourth-order valence-corrected chi connectivity index (χ4v) is 3.53. The summed E-state index contributed by atoms with van der Waals surface area (Å²) in [7, 11) is -3.54. The SMILES string of the molecule is Cc1ccccc1NC(=O)CN(C(C)c1ccccc1)S(C)(=O)=O. The molecule has 1 unspecified atom stereocenters. The van der Waals surface area contributed by atoms with Gasteiger partial charge in [-0.2, -0.15) is 4.31 Å². The normalized spacial score (nSPS) is 12.8. The van der Waals surface area contributed by atoms with Crippen LogP contribution in [0.25, 0.3) is 0 Å². The molecule has 0 saturated heterocycles. The first kappa shape index (κ1) is 18.2. The Balaban J connectivity index is 2.18. The van der Waals surface area contributed by atoms with Gasteiger partial charge in [0.05, 0.1) is 12.8 Å². The molecular weight excluding hydrogens is 324 g/mol. The van der Waals surface area contributed by atoms with Gasteiger partial charge in [-0.25, -0.2) is 8.42 Å². The minimum absolute atomic E-state index is 0.233. The monoisotopic (exact) mass is 346 g/mol. The third-order valence-electron chi connectivity index (χ3n) is 3.86. The van der Waals surface area contributed by atoms with Crippen molar-refractivity contribution in [2.45, 2.75) is 19.9 Å². The van der Waals surface area contributed by atoms with Crippen molar-refractivity contribution in [2.75, 3.05) is 18.1 Å². The van der Waals surface area contributed by atoms with Crippen LogP contribution in [-0.4, -0.2) is 31.4 Å². The molecule has 0 aliphatic carbocycles. The molecule has 0 fully saturated rings. The Morgan fingerprint density at radius 2 is 1.67 bits per heavy atom. The Morgan fingerprint density at radius 1 is 1.08 bits per heavy atom. The van der Waals surface area contributed by atoms with Crippen LogP contribution in [0.4, 0.5) is 5.69 Å². The number of benzene rings is 2. The maximum Gasteiger partial charge on any atom is 0.239 e. The fourth-order valence-electron chi connectivity index (χ4n) is 2.48. The van der Waals surface area contributed by atoms with Crippen LogP contribution in [0.5, 0.6) is 0 Å². The zero-order valence-corrected chi connectivity index (χ0v) is 14.9. The van der Waals surface area contributed by atoms with E-state index < -0.39 is 16.1 Å². The van der Waals surface area contributed by atoms with Crippen LogP contribution in [0.15, 0.2) is 54.6 Å². The highest BCUT2D eigenvalue weighted by Gasteiger charge is 2.27. The van der Waals surface area contributed by atoms with Crippen molar-refractivity contribution in [1.29, 1.82) is 0 Å². The molecule has 0 aromatic heterocycles. The first-order chi connectivity index (χ1) is 11.3. The van der Waals surface area contributed by atoms with E-state index in [-0.39, 0.29) is 12.5 Å². The Hall–Kier alpha value is -2.18. The van der Waals surface area contributed by atoms with Crippen molar-refractivity contribution in [2.24, 2.45) is 0 Å². The van der Waals surface area contributed by atoms with E-state index in [0.717, 1.165) is 17.4 Å². The van der Waals surface area contributed by atoms with Crippen LogP contribution < -0.4 is 5.32 Å². The molecule has 1 amide bonds. The summed E-state index contributed by atoms with van der Waals surface area (Å²) in [6, 6.07) is 16.2. The number of nitrogens with zero attached hydrogens (tertiary/aromatic N) is 1. The van der Waals surface area contributed by atoms with Crippen molar-refractivity contribution < 1.29 is 13.2 Å². The van der Waals surface area contributed by atoms with Crippen LogP contribution in [0.1, 0.15) is 24.1 Å². The predicted octanol–water partition coefficient (Wildman–Crippen LogP) is 2.96. The summed E-state index contributed by atoms with van der Waals surface area (Å²) in [6.45, 7) is 3.43. The fraction of sp³-hybridized carbons (Fsp3) is 0.278. The second-order valence-corrected chi connectivity index (χ2v) is 7.69. The molecule has 0 saturated carbocycles. The number of anilines is 1. The van der Waals surface area contributed by atoms with Gasteiger partial charge in [0.15, 0.2) is 0 Å². The molecule has 128 valence electrons. The topological polar surface area (TPSA) is 66.5 Å². The van der Waals surface area contributed by atoms with E-state index in [0.29, 0.717) is 5.69 Å². The van der Waals surface area contributed by atoms with Crippen LogP contribution in [0, 0.1) is 6.92 Å². The lowest BCUT2D eigenvalue weighted by molar-refractivity contribution is -0.116. The van der Waals surface area contributed by atoms with E-state index in [2.05, 4.69) is 5.32 Å². The van der Waals surface area contributed by atoms with Crippen molar-refractivity contribution in [1.82, 2.24) is 4.31 Å². The Morgan fingerprint density at radius 3 is 2.25 bits per heavy atom. The maximum atomic E-state index is 12.3. The highest BCUT2D eigenvalue weighted by Crippen LogP contribution is 2.22. The van der Waals surface area contributed by atoms with Gasteiger partial charge in [0.25, 0.3) is 0 Å². The largest absolute Gasteiger partial charge is 0.325 e. The number of carbonyl (C=O) groups is 1. The molecule has 0 spiro atoms. The lowest BCUT2D eigenvalue weighted by atomic mass is 10.1. The van der Waals surface area contributed by atoms with E-state index in [4.69, 9.17) is 0 Å². The maximum absolute atomic E-state index is 12.3. The number of hydrogen-bond acceptors (Lipinski definition) is 3. The third kappa shape index (κ3) is 4.66. The third-order valence-corrected chi connectivity index (χ3v) is 5.16. The molecule has 0 radical (unpaired) electrons. The predicted molar refractivity (Wildman–Crippen MR) is 96.2 cm³/mol. The number of sulfonamides is 1. The van der Waals surface area contributed by atoms with E-state index in [1.54, 1.807) is 13.0 Å². The van der Waals surface area contributed by atoms with E-state index >= 15 is 0 Å². The zero-order valence-electron chi connectivity index (χ0n) is 14.1. The summed E-state index contributed by atoms with van der Waals surface area (Å²) in [4.78, 5) is 12.3. The lowest BCUT2D eigenvalue weighted by Gasteiger charge is -2.26. The number of aryl methyl sites for hydroxylation is 1. The number of amides is 1. The summed E-state index contributed by atoms with van der Waals surface area (Å²) in [5.74, 6) is -0.363. The van der Waals surface area contributed by atoms with Gasteiger partial charge in [-0.3, -0.25) is 4.79 Å². The van der Waals surface area contributed by atoms with Gasteiger partial charge in [0.1, 0.15) is 0 Å². The minimum atomic E-state index is -3.54. The van der Waals surface area contributed by atoms with Crippen molar-refractivity contribution >= 4 is 21.6 Å². The van der Waals surface area contributed by atoms with E-state index in [1.807, 2.05) is 55.5 Å². The van der Waals surface area contributed by atoms with Gasteiger partial charge in [0, 0.05) is 11.7 Å². The molecule has 24 heavy (non-hydrogen) atoms. The summed E-state index contributed by atoms with van der Waals surface area (Å²) in [5, 5.41) is 2.77. The molecule has 2 aromatic carbocycles. The molecule has 1 N–H and O–H groups in total. The summed E-state index contributed by atoms with van der Waals surface area (Å²) < 4.78 is 25.5. The standard InChI is InChI=1S/C18H22N2O3S/c1-14-9-7-8-12-17(14)19-18(21)13-20(24(3,22)23)15(2)16-10-5-4-6-11-16/h4-12,15H,13H2,1-3H3,(H,19,21). The molecule has 5 nitrogen and oxygen atoms in total. The molecule has 0 aliphatic rings. The van der Waals surface area contributed by atoms with Gasteiger partial charge in [-0.15, -0.1) is 0 Å². The second-order valence-electron chi connectivity index (χ2n) is 5.76. The quantitative estimate of drug-likeness (QED) is 0.874. The Labute approximate surface area is 143 Å². The van der Waals surface area contributed by atoms with Gasteiger partial charge in [-0.1, -0.05) is 48.5 Å². The molecule has 2 rings (SSSR count). The average molecular weight is 346 g/mol. The molecule has 1 atom stereocenters. The van der Waals surface area contributed by atoms with Crippen LogP contribution >= 0.6 is 0 Å². The molecule has 2 aromatic rings. The second kappa shape index (κ2) is 7.59. The molecular formula is C18H22N2O3S. The van der Waals surface area contributed by atoms with Crippen molar-refractivity contribution in [3.8, 4) is 0 Å². The van der Waals surface area contributed by atoms with Crippen LogP contribution in [0.2, 0.25) is 0 Å². The Kier molecular flexibility index (Phi) is 5.75. The first-order valence-electron chi connectivity index (χ1n) is 7.66. The minimum Gasteiger partial charge on any atom is -0.325 e. The highest BCUT2D eigenvalue weighted by molar-refractivity contribution is 7.88. The van der Waals surface area contributed by atoms with Crippen molar-refractivity contribution in [3.63, 3.8) is 0 Å². The first-order valence-corrected chi connectivity index (χ1v) is 9.51. The summed E-state index contributed by atoms with van der Waals surface area (Å²) in [6.07, 6.45) is 1.12. The number of hydrogen-bond donors (Lipinski definition) is 1. The highest BCUT2D eigenvalue weighted by atomic mass is 32.2. The van der Waals surface area contributed by atoms with Gasteiger partial charge in [-0.05, 0) is 31.0 Å². The summed E-state index contributed by atoms with van der Waals surface area (Å²) >= 11 is 0. The van der Waals surface area contributed by atoms with E-state index in [9.17, 15) is 13.2 Å². The molecule has 0 heterocycles.